The maximum absolute atomic E-state index is 12.9. The van der Waals surface area contributed by atoms with Crippen molar-refractivity contribution < 1.29 is 14.3 Å². The molecule has 1 aromatic heterocycles. The van der Waals surface area contributed by atoms with E-state index in [0.29, 0.717) is 18.7 Å². The minimum atomic E-state index is -0.0432. The van der Waals surface area contributed by atoms with Gasteiger partial charge in [-0.05, 0) is 49.8 Å². The Hall–Kier alpha value is -2.90. The Balaban J connectivity index is 1.37. The van der Waals surface area contributed by atoms with Crippen molar-refractivity contribution in [1.82, 2.24) is 24.8 Å². The lowest BCUT2D eigenvalue weighted by atomic mass is 10.1. The fourth-order valence-electron chi connectivity index (χ4n) is 4.37. The Morgan fingerprint density at radius 2 is 1.97 bits per heavy atom. The van der Waals surface area contributed by atoms with Gasteiger partial charge in [0.15, 0.2) is 5.69 Å². The zero-order valence-corrected chi connectivity index (χ0v) is 17.5. The van der Waals surface area contributed by atoms with Crippen LogP contribution in [0.4, 0.5) is 0 Å². The van der Waals surface area contributed by atoms with Crippen LogP contribution in [0.15, 0.2) is 30.5 Å². The second-order valence-corrected chi connectivity index (χ2v) is 8.09. The summed E-state index contributed by atoms with van der Waals surface area (Å²) in [6, 6.07) is 7.70. The molecule has 2 amide bonds. The summed E-state index contributed by atoms with van der Waals surface area (Å²) in [5.41, 5.74) is 1.34. The largest absolute Gasteiger partial charge is 0.497 e. The predicted molar refractivity (Wildman–Crippen MR) is 111 cm³/mol. The first-order valence-corrected chi connectivity index (χ1v) is 10.8. The van der Waals surface area contributed by atoms with Gasteiger partial charge in [0.05, 0.1) is 32.3 Å². The van der Waals surface area contributed by atoms with Gasteiger partial charge in [-0.1, -0.05) is 17.3 Å². The average Bonchev–Trinajstić information content (AvgIpc) is 3.44. The number of amides is 2. The van der Waals surface area contributed by atoms with Gasteiger partial charge < -0.3 is 14.5 Å². The number of methoxy groups -OCH3 is 1. The van der Waals surface area contributed by atoms with Gasteiger partial charge in [-0.3, -0.25) is 9.59 Å². The van der Waals surface area contributed by atoms with Crippen LogP contribution in [0.2, 0.25) is 0 Å². The van der Waals surface area contributed by atoms with Gasteiger partial charge in [0.2, 0.25) is 5.91 Å². The number of piperidine rings is 1. The minimum Gasteiger partial charge on any atom is -0.497 e. The fourth-order valence-corrected chi connectivity index (χ4v) is 4.37. The van der Waals surface area contributed by atoms with Gasteiger partial charge in [0.25, 0.3) is 5.91 Å². The van der Waals surface area contributed by atoms with E-state index in [-0.39, 0.29) is 17.9 Å². The summed E-state index contributed by atoms with van der Waals surface area (Å²) in [5.74, 6) is 0.820. The summed E-state index contributed by atoms with van der Waals surface area (Å²) in [7, 11) is 1.62. The van der Waals surface area contributed by atoms with E-state index in [0.717, 1.165) is 56.6 Å². The molecule has 2 fully saturated rings. The van der Waals surface area contributed by atoms with Crippen molar-refractivity contribution in [2.45, 2.75) is 51.1 Å². The van der Waals surface area contributed by atoms with E-state index in [1.165, 1.54) is 6.42 Å². The molecule has 2 saturated heterocycles. The van der Waals surface area contributed by atoms with E-state index in [9.17, 15) is 9.59 Å². The molecule has 1 atom stereocenters. The molecule has 1 aromatic carbocycles. The fraction of sp³-hybridized carbons (Fsp3) is 0.545. The van der Waals surface area contributed by atoms with Crippen LogP contribution in [0.1, 0.15) is 48.2 Å². The van der Waals surface area contributed by atoms with Gasteiger partial charge in [0.1, 0.15) is 5.75 Å². The molecular formula is C22H29N5O3. The van der Waals surface area contributed by atoms with Crippen LogP contribution >= 0.6 is 0 Å². The Morgan fingerprint density at radius 1 is 1.13 bits per heavy atom. The number of hydrogen-bond acceptors (Lipinski definition) is 5. The maximum Gasteiger partial charge on any atom is 0.276 e. The average molecular weight is 412 g/mol. The zero-order chi connectivity index (χ0) is 20.9. The van der Waals surface area contributed by atoms with E-state index >= 15 is 0 Å². The molecular weight excluding hydrogens is 382 g/mol. The molecule has 2 aliphatic rings. The number of carbonyl (C=O) groups is 2. The number of benzene rings is 1. The van der Waals surface area contributed by atoms with Crippen LogP contribution in [0.3, 0.4) is 0 Å². The van der Waals surface area contributed by atoms with Gasteiger partial charge >= 0.3 is 0 Å². The second-order valence-electron chi connectivity index (χ2n) is 8.09. The molecule has 0 saturated carbocycles. The van der Waals surface area contributed by atoms with Gasteiger partial charge in [-0.25, -0.2) is 4.68 Å². The highest BCUT2D eigenvalue weighted by molar-refractivity contribution is 5.92. The van der Waals surface area contributed by atoms with Crippen LogP contribution in [0.25, 0.3) is 0 Å². The van der Waals surface area contributed by atoms with Gasteiger partial charge in [-0.2, -0.15) is 0 Å². The Labute approximate surface area is 176 Å². The van der Waals surface area contributed by atoms with E-state index in [4.69, 9.17) is 4.74 Å². The minimum absolute atomic E-state index is 0.0432. The molecule has 0 spiro atoms. The molecule has 2 aromatic rings. The number of rotatable bonds is 6. The number of hydrogen-bond donors (Lipinski definition) is 0. The quantitative estimate of drug-likeness (QED) is 0.728. The summed E-state index contributed by atoms with van der Waals surface area (Å²) >= 11 is 0. The molecule has 4 rings (SSSR count). The van der Waals surface area contributed by atoms with E-state index in [2.05, 4.69) is 10.3 Å². The standard InChI is InChI=1S/C22H29N5O3/c1-30-19-9-5-7-17(13-19)14-21(28)27-12-6-8-18(27)15-26-16-20(23-24-26)22(29)25-10-3-2-4-11-25/h5,7,9,13,16,18H,2-4,6,8,10-12,14-15H2,1H3/t18-/m0/s1. The van der Waals surface area contributed by atoms with Crippen molar-refractivity contribution in [2.24, 2.45) is 0 Å². The lowest BCUT2D eigenvalue weighted by Gasteiger charge is -2.25. The number of ether oxygens (including phenoxy) is 1. The highest BCUT2D eigenvalue weighted by Gasteiger charge is 2.30. The van der Waals surface area contributed by atoms with Crippen LogP contribution < -0.4 is 4.74 Å². The van der Waals surface area contributed by atoms with Crippen LogP contribution in [-0.2, 0) is 17.8 Å². The third-order valence-corrected chi connectivity index (χ3v) is 5.99. The molecule has 0 radical (unpaired) electrons. The molecule has 0 unspecified atom stereocenters. The molecule has 8 heteroatoms. The lowest BCUT2D eigenvalue weighted by molar-refractivity contribution is -0.131. The van der Waals surface area contributed by atoms with Crippen molar-refractivity contribution in [3.63, 3.8) is 0 Å². The Bertz CT molecular complexity index is 890. The molecule has 8 nitrogen and oxygen atoms in total. The van der Waals surface area contributed by atoms with Gasteiger partial charge in [0, 0.05) is 19.6 Å². The third-order valence-electron chi connectivity index (χ3n) is 5.99. The topological polar surface area (TPSA) is 80.6 Å². The van der Waals surface area contributed by atoms with Crippen molar-refractivity contribution in [3.8, 4) is 5.75 Å². The summed E-state index contributed by atoms with van der Waals surface area (Å²) < 4.78 is 6.96. The van der Waals surface area contributed by atoms with E-state index in [1.807, 2.05) is 34.1 Å². The molecule has 3 heterocycles. The number of aromatic nitrogens is 3. The monoisotopic (exact) mass is 411 g/mol. The van der Waals surface area contributed by atoms with Crippen LogP contribution in [-0.4, -0.2) is 69.4 Å². The first kappa shape index (κ1) is 20.4. The predicted octanol–water partition coefficient (Wildman–Crippen LogP) is 2.15. The first-order valence-electron chi connectivity index (χ1n) is 10.8. The summed E-state index contributed by atoms with van der Waals surface area (Å²) in [6.07, 6.45) is 7.25. The van der Waals surface area contributed by atoms with Crippen molar-refractivity contribution in [2.75, 3.05) is 26.7 Å². The maximum atomic E-state index is 12.9. The third kappa shape index (κ3) is 4.63. The van der Waals surface area contributed by atoms with Crippen molar-refractivity contribution in [1.29, 1.82) is 0 Å². The highest BCUT2D eigenvalue weighted by Crippen LogP contribution is 2.21. The molecule has 2 aliphatic heterocycles. The number of carbonyl (C=O) groups excluding carboxylic acids is 2. The summed E-state index contributed by atoms with van der Waals surface area (Å²) in [4.78, 5) is 29.3. The summed E-state index contributed by atoms with van der Waals surface area (Å²) in [6.45, 7) is 2.90. The zero-order valence-electron chi connectivity index (χ0n) is 17.5. The Morgan fingerprint density at radius 3 is 2.77 bits per heavy atom. The molecule has 30 heavy (non-hydrogen) atoms. The van der Waals surface area contributed by atoms with Crippen LogP contribution in [0, 0.1) is 0 Å². The normalized spacial score (nSPS) is 19.2. The van der Waals surface area contributed by atoms with Crippen molar-refractivity contribution in [3.05, 3.63) is 41.7 Å². The smallest absolute Gasteiger partial charge is 0.276 e. The number of likely N-dealkylation sites (tertiary alicyclic amines) is 2. The number of nitrogens with zero attached hydrogens (tertiary/aromatic N) is 5. The van der Waals surface area contributed by atoms with E-state index < -0.39 is 0 Å². The highest BCUT2D eigenvalue weighted by atomic mass is 16.5. The molecule has 160 valence electrons. The SMILES string of the molecule is COc1cccc(CC(=O)N2CCC[C@H]2Cn2cc(C(=O)N3CCCCC3)nn2)c1. The summed E-state index contributed by atoms with van der Waals surface area (Å²) in [5, 5.41) is 8.26. The molecule has 0 N–H and O–H groups in total. The van der Waals surface area contributed by atoms with Gasteiger partial charge in [-0.15, -0.1) is 5.10 Å². The van der Waals surface area contributed by atoms with E-state index in [1.54, 1.807) is 18.0 Å². The second kappa shape index (κ2) is 9.28. The molecule has 0 aliphatic carbocycles. The lowest BCUT2D eigenvalue weighted by Crippen LogP contribution is -2.39. The Kier molecular flexibility index (Phi) is 6.30. The molecule has 0 bridgehead atoms. The first-order chi connectivity index (χ1) is 14.6. The van der Waals surface area contributed by atoms with Crippen LogP contribution in [0.5, 0.6) is 5.75 Å². The van der Waals surface area contributed by atoms with Crippen molar-refractivity contribution >= 4 is 11.8 Å².